The van der Waals surface area contributed by atoms with Gasteiger partial charge in [-0.25, -0.2) is 0 Å². The molecule has 1 N–H and O–H groups in total. The Morgan fingerprint density at radius 2 is 2.33 bits per heavy atom. The highest BCUT2D eigenvalue weighted by Gasteiger charge is 2.28. The fourth-order valence-corrected chi connectivity index (χ4v) is 2.49. The Labute approximate surface area is 92.3 Å². The maximum Gasteiger partial charge on any atom is 0.0187 e. The molecule has 15 heavy (non-hydrogen) atoms. The van der Waals surface area contributed by atoms with E-state index in [9.17, 15) is 0 Å². The topological polar surface area (TPSA) is 12.0 Å². The number of rotatable bonds is 1. The van der Waals surface area contributed by atoms with E-state index in [4.69, 9.17) is 0 Å². The Balaban J connectivity index is 2.29. The molecule has 1 heterocycles. The van der Waals surface area contributed by atoms with E-state index >= 15 is 0 Å². The van der Waals surface area contributed by atoms with Crippen molar-refractivity contribution in [3.63, 3.8) is 0 Å². The van der Waals surface area contributed by atoms with Crippen molar-refractivity contribution in [2.75, 3.05) is 0 Å². The van der Waals surface area contributed by atoms with Gasteiger partial charge in [-0.1, -0.05) is 37.3 Å². The van der Waals surface area contributed by atoms with Crippen molar-refractivity contribution in [3.8, 4) is 0 Å². The summed E-state index contributed by atoms with van der Waals surface area (Å²) in [6.45, 7) is 4.40. The number of fused-ring (bicyclic) bond motifs is 1. The van der Waals surface area contributed by atoms with Crippen molar-refractivity contribution < 1.29 is 0 Å². The van der Waals surface area contributed by atoms with Crippen LogP contribution in [0.1, 0.15) is 20.3 Å². The molecule has 3 atom stereocenters. The van der Waals surface area contributed by atoms with Crippen LogP contribution in [0.25, 0.3) is 0 Å². The molecule has 1 aliphatic heterocycles. The molecule has 1 nitrogen and oxygen atoms in total. The molecule has 3 unspecified atom stereocenters. The molecule has 80 valence electrons. The van der Waals surface area contributed by atoms with Gasteiger partial charge >= 0.3 is 0 Å². The Morgan fingerprint density at radius 1 is 1.47 bits per heavy atom. The van der Waals surface area contributed by atoms with Crippen LogP contribution in [-0.4, -0.2) is 0 Å². The molecule has 0 spiro atoms. The first kappa shape index (κ1) is 10.3. The van der Waals surface area contributed by atoms with E-state index in [1.165, 1.54) is 5.70 Å². The second-order valence-electron chi connectivity index (χ2n) is 4.36. The van der Waals surface area contributed by atoms with Gasteiger partial charge in [0.05, 0.1) is 0 Å². The van der Waals surface area contributed by atoms with Crippen molar-refractivity contribution in [1.82, 2.24) is 5.32 Å². The molecule has 0 radical (unpaired) electrons. The van der Waals surface area contributed by atoms with Gasteiger partial charge in [-0.2, -0.15) is 0 Å². The number of hydrogen-bond acceptors (Lipinski definition) is 1. The van der Waals surface area contributed by atoms with Crippen LogP contribution >= 0.6 is 0 Å². The lowest BCUT2D eigenvalue weighted by Crippen LogP contribution is -2.24. The third kappa shape index (κ3) is 2.06. The first-order valence-corrected chi connectivity index (χ1v) is 5.75. The number of nitrogens with one attached hydrogen (secondary N) is 1. The SMILES string of the molecule is CC=CC1C(C)C=CNC2=CC=CCC21. The molecule has 0 aromatic heterocycles. The summed E-state index contributed by atoms with van der Waals surface area (Å²) in [6.07, 6.45) is 16.7. The van der Waals surface area contributed by atoms with Crippen LogP contribution < -0.4 is 5.32 Å². The molecular weight excluding hydrogens is 182 g/mol. The summed E-state index contributed by atoms with van der Waals surface area (Å²) in [6, 6.07) is 0. The van der Waals surface area contributed by atoms with Gasteiger partial charge in [0.2, 0.25) is 0 Å². The largest absolute Gasteiger partial charge is 0.365 e. The van der Waals surface area contributed by atoms with E-state index in [1.54, 1.807) is 0 Å². The van der Waals surface area contributed by atoms with E-state index in [-0.39, 0.29) is 0 Å². The normalized spacial score (nSPS) is 34.5. The second kappa shape index (κ2) is 4.52. The summed E-state index contributed by atoms with van der Waals surface area (Å²) in [7, 11) is 0. The molecule has 0 saturated carbocycles. The first-order valence-electron chi connectivity index (χ1n) is 5.75. The Bertz CT molecular complexity index is 333. The van der Waals surface area contributed by atoms with Crippen LogP contribution in [-0.2, 0) is 0 Å². The molecule has 2 aliphatic rings. The third-order valence-electron chi connectivity index (χ3n) is 3.34. The molecule has 0 saturated heterocycles. The van der Waals surface area contributed by atoms with E-state index in [0.29, 0.717) is 17.8 Å². The Hall–Kier alpha value is -1.24. The molecule has 0 fully saturated rings. The fourth-order valence-electron chi connectivity index (χ4n) is 2.49. The van der Waals surface area contributed by atoms with Gasteiger partial charge < -0.3 is 5.32 Å². The highest BCUT2D eigenvalue weighted by molar-refractivity contribution is 5.25. The zero-order valence-electron chi connectivity index (χ0n) is 9.48. The molecular formula is C14H19N. The van der Waals surface area contributed by atoms with E-state index < -0.39 is 0 Å². The summed E-state index contributed by atoms with van der Waals surface area (Å²) in [5.41, 5.74) is 1.36. The molecule has 0 aromatic carbocycles. The molecule has 0 bridgehead atoms. The first-order chi connectivity index (χ1) is 7.33. The van der Waals surface area contributed by atoms with Crippen LogP contribution in [0, 0.1) is 17.8 Å². The van der Waals surface area contributed by atoms with Gasteiger partial charge in [0.15, 0.2) is 0 Å². The molecule has 0 aromatic rings. The lowest BCUT2D eigenvalue weighted by molar-refractivity contribution is 0.376. The molecule has 1 heteroatoms. The van der Waals surface area contributed by atoms with Crippen molar-refractivity contribution in [1.29, 1.82) is 0 Å². The number of allylic oxidation sites excluding steroid dienone is 7. The van der Waals surface area contributed by atoms with Crippen molar-refractivity contribution in [2.24, 2.45) is 17.8 Å². The lowest BCUT2D eigenvalue weighted by atomic mass is 9.78. The van der Waals surface area contributed by atoms with Crippen LogP contribution in [0.3, 0.4) is 0 Å². The Morgan fingerprint density at radius 3 is 3.13 bits per heavy atom. The quantitative estimate of drug-likeness (QED) is 0.641. The predicted octanol–water partition coefficient (Wildman–Crippen LogP) is 3.39. The minimum Gasteiger partial charge on any atom is -0.365 e. The Kier molecular flexibility index (Phi) is 3.10. The standard InChI is InChI=1S/C14H19N/c1-3-6-12-11(2)9-10-15-14-8-5-4-7-13(12)14/h3-6,8-13,15H,7H2,1-2H3. The van der Waals surface area contributed by atoms with Gasteiger partial charge in [-0.05, 0) is 37.5 Å². The molecule has 2 rings (SSSR count). The zero-order chi connectivity index (χ0) is 10.7. The fraction of sp³-hybridized carbons (Fsp3) is 0.429. The van der Waals surface area contributed by atoms with Crippen molar-refractivity contribution in [3.05, 3.63) is 48.4 Å². The average Bonchev–Trinajstić information content (AvgIpc) is 2.40. The summed E-state index contributed by atoms with van der Waals surface area (Å²) >= 11 is 0. The van der Waals surface area contributed by atoms with Crippen molar-refractivity contribution in [2.45, 2.75) is 20.3 Å². The summed E-state index contributed by atoms with van der Waals surface area (Å²) in [4.78, 5) is 0. The van der Waals surface area contributed by atoms with Crippen LogP contribution in [0.5, 0.6) is 0 Å². The van der Waals surface area contributed by atoms with E-state index in [1.807, 2.05) is 0 Å². The van der Waals surface area contributed by atoms with Crippen LogP contribution in [0.4, 0.5) is 0 Å². The number of hydrogen-bond donors (Lipinski definition) is 1. The van der Waals surface area contributed by atoms with Gasteiger partial charge in [0, 0.05) is 11.6 Å². The predicted molar refractivity (Wildman–Crippen MR) is 65.1 cm³/mol. The highest BCUT2D eigenvalue weighted by Crippen LogP contribution is 2.34. The van der Waals surface area contributed by atoms with E-state index in [0.717, 1.165) is 6.42 Å². The van der Waals surface area contributed by atoms with Gasteiger partial charge in [0.25, 0.3) is 0 Å². The maximum atomic E-state index is 3.40. The molecule has 0 amide bonds. The summed E-state index contributed by atoms with van der Waals surface area (Å²) < 4.78 is 0. The van der Waals surface area contributed by atoms with Crippen LogP contribution in [0.15, 0.2) is 48.4 Å². The minimum atomic E-state index is 0.608. The van der Waals surface area contributed by atoms with E-state index in [2.05, 4.69) is 61.8 Å². The minimum absolute atomic E-state index is 0.608. The monoisotopic (exact) mass is 201 g/mol. The smallest absolute Gasteiger partial charge is 0.0187 e. The van der Waals surface area contributed by atoms with Gasteiger partial charge in [0.1, 0.15) is 0 Å². The maximum absolute atomic E-state index is 3.40. The zero-order valence-corrected chi connectivity index (χ0v) is 9.48. The molecule has 1 aliphatic carbocycles. The summed E-state index contributed by atoms with van der Waals surface area (Å²) in [5, 5.41) is 3.40. The van der Waals surface area contributed by atoms with Gasteiger partial charge in [-0.3, -0.25) is 0 Å². The van der Waals surface area contributed by atoms with Crippen molar-refractivity contribution >= 4 is 0 Å². The second-order valence-corrected chi connectivity index (χ2v) is 4.36. The lowest BCUT2D eigenvalue weighted by Gasteiger charge is -2.28. The highest BCUT2D eigenvalue weighted by atomic mass is 14.9. The van der Waals surface area contributed by atoms with Crippen LogP contribution in [0.2, 0.25) is 0 Å². The average molecular weight is 201 g/mol. The van der Waals surface area contributed by atoms with Gasteiger partial charge in [-0.15, -0.1) is 0 Å². The summed E-state index contributed by atoms with van der Waals surface area (Å²) in [5.74, 6) is 1.85. The third-order valence-corrected chi connectivity index (χ3v) is 3.34.